The van der Waals surface area contributed by atoms with Crippen molar-refractivity contribution in [1.29, 1.82) is 0 Å². The van der Waals surface area contributed by atoms with Gasteiger partial charge in [0, 0.05) is 5.54 Å². The first-order chi connectivity index (χ1) is 8.87. The number of hydrogen-bond acceptors (Lipinski definition) is 2. The second kappa shape index (κ2) is 4.07. The minimum absolute atomic E-state index is 0.377. The Morgan fingerprint density at radius 1 is 1.06 bits per heavy atom. The predicted octanol–water partition coefficient (Wildman–Crippen LogP) is 3.84. The van der Waals surface area contributed by atoms with Crippen molar-refractivity contribution in [3.63, 3.8) is 0 Å². The van der Waals surface area contributed by atoms with Crippen molar-refractivity contribution in [1.82, 2.24) is 5.06 Å². The molecule has 3 fully saturated rings. The van der Waals surface area contributed by atoms with Gasteiger partial charge in [-0.2, -0.15) is 5.06 Å². The summed E-state index contributed by atoms with van der Waals surface area (Å²) in [5.41, 5.74) is 1.81. The van der Waals surface area contributed by atoms with E-state index < -0.39 is 0 Å². The predicted molar refractivity (Wildman–Crippen MR) is 70.9 cm³/mol. The molecule has 2 aliphatic heterocycles. The van der Waals surface area contributed by atoms with Crippen LogP contribution >= 0.6 is 0 Å². The molecule has 4 rings (SSSR count). The van der Waals surface area contributed by atoms with Gasteiger partial charge < -0.3 is 0 Å². The first kappa shape index (κ1) is 11.0. The summed E-state index contributed by atoms with van der Waals surface area (Å²) in [5.74, 6) is 0. The van der Waals surface area contributed by atoms with E-state index in [1.165, 1.54) is 50.5 Å². The first-order valence-electron chi connectivity index (χ1n) is 7.38. The molecular formula is C16H21NO. The van der Waals surface area contributed by atoms with Gasteiger partial charge in [-0.1, -0.05) is 49.6 Å². The third-order valence-corrected chi connectivity index (χ3v) is 5.08. The standard InChI is InChI=1S/C16H21NO/c1-3-7-13(8-4-1)15-11-14-12-16(17(15)18-14)9-5-2-6-10-16/h1,3-4,7-8,14-15H,2,5-6,9-12H2. The van der Waals surface area contributed by atoms with Crippen molar-refractivity contribution >= 4 is 0 Å². The van der Waals surface area contributed by atoms with Gasteiger partial charge >= 0.3 is 0 Å². The lowest BCUT2D eigenvalue weighted by molar-refractivity contribution is -0.175. The van der Waals surface area contributed by atoms with Crippen LogP contribution in [0.15, 0.2) is 30.3 Å². The van der Waals surface area contributed by atoms with Crippen molar-refractivity contribution in [2.75, 3.05) is 0 Å². The molecule has 0 amide bonds. The minimum Gasteiger partial charge on any atom is -0.294 e. The third-order valence-electron chi connectivity index (χ3n) is 5.08. The number of hydrogen-bond donors (Lipinski definition) is 0. The molecule has 3 unspecified atom stereocenters. The lowest BCUT2D eigenvalue weighted by Crippen LogP contribution is -2.47. The van der Waals surface area contributed by atoms with Gasteiger partial charge in [-0.15, -0.1) is 0 Å². The van der Waals surface area contributed by atoms with E-state index in [9.17, 15) is 0 Å². The van der Waals surface area contributed by atoms with Gasteiger partial charge in [0.1, 0.15) is 0 Å². The highest BCUT2D eigenvalue weighted by Crippen LogP contribution is 2.54. The summed E-state index contributed by atoms with van der Waals surface area (Å²) in [4.78, 5) is 6.17. The van der Waals surface area contributed by atoms with Crippen LogP contribution in [-0.4, -0.2) is 16.7 Å². The van der Waals surface area contributed by atoms with Crippen LogP contribution < -0.4 is 0 Å². The molecular weight excluding hydrogens is 222 g/mol. The maximum Gasteiger partial charge on any atom is 0.0831 e. The van der Waals surface area contributed by atoms with Crippen molar-refractivity contribution in [2.24, 2.45) is 0 Å². The number of benzene rings is 1. The van der Waals surface area contributed by atoms with Gasteiger partial charge in [-0.3, -0.25) is 4.84 Å². The van der Waals surface area contributed by atoms with Crippen LogP contribution in [0, 0.1) is 0 Å². The fourth-order valence-corrected chi connectivity index (χ4v) is 4.28. The molecule has 1 aliphatic carbocycles. The molecule has 1 aromatic rings. The zero-order valence-corrected chi connectivity index (χ0v) is 10.8. The Labute approximate surface area is 109 Å². The summed E-state index contributed by atoms with van der Waals surface area (Å²) in [7, 11) is 0. The molecule has 0 N–H and O–H groups in total. The molecule has 2 heteroatoms. The van der Waals surface area contributed by atoms with Gasteiger partial charge in [0.05, 0.1) is 12.1 Å². The Morgan fingerprint density at radius 2 is 1.83 bits per heavy atom. The molecule has 1 saturated carbocycles. The van der Waals surface area contributed by atoms with E-state index in [0.717, 1.165) is 0 Å². The number of rotatable bonds is 1. The van der Waals surface area contributed by atoms with Crippen LogP contribution in [0.3, 0.4) is 0 Å². The van der Waals surface area contributed by atoms with Crippen LogP contribution in [0.2, 0.25) is 0 Å². The number of nitrogens with zero attached hydrogens (tertiary/aromatic N) is 1. The van der Waals surface area contributed by atoms with Gasteiger partial charge in [-0.05, 0) is 31.2 Å². The van der Waals surface area contributed by atoms with E-state index in [0.29, 0.717) is 17.7 Å². The van der Waals surface area contributed by atoms with Gasteiger partial charge in [0.2, 0.25) is 0 Å². The third kappa shape index (κ3) is 1.55. The second-order valence-corrected chi connectivity index (χ2v) is 6.20. The number of fused-ring (bicyclic) bond motifs is 3. The highest BCUT2D eigenvalue weighted by atomic mass is 16.7. The quantitative estimate of drug-likeness (QED) is 0.743. The van der Waals surface area contributed by atoms with Crippen molar-refractivity contribution in [3.05, 3.63) is 35.9 Å². The Morgan fingerprint density at radius 3 is 2.56 bits per heavy atom. The van der Waals surface area contributed by atoms with Crippen LogP contribution in [0.4, 0.5) is 0 Å². The van der Waals surface area contributed by atoms with Crippen LogP contribution in [-0.2, 0) is 4.84 Å². The van der Waals surface area contributed by atoms with E-state index in [4.69, 9.17) is 4.84 Å². The van der Waals surface area contributed by atoms with Gasteiger partial charge in [-0.25, -0.2) is 0 Å². The molecule has 2 bridgehead atoms. The average molecular weight is 243 g/mol. The molecule has 0 radical (unpaired) electrons. The minimum atomic E-state index is 0.377. The summed E-state index contributed by atoms with van der Waals surface area (Å²) < 4.78 is 0. The SMILES string of the molecule is c1ccc(C2CC3CC4(CCCCC4)N2O3)cc1. The Kier molecular flexibility index (Phi) is 2.49. The molecule has 18 heavy (non-hydrogen) atoms. The first-order valence-corrected chi connectivity index (χ1v) is 7.38. The Balaban J connectivity index is 1.64. The summed E-state index contributed by atoms with van der Waals surface area (Å²) in [6, 6.07) is 11.4. The molecule has 1 aromatic carbocycles. The van der Waals surface area contributed by atoms with Gasteiger partial charge in [0.15, 0.2) is 0 Å². The van der Waals surface area contributed by atoms with Crippen LogP contribution in [0.5, 0.6) is 0 Å². The Bertz CT molecular complexity index is 424. The zero-order valence-electron chi connectivity index (χ0n) is 10.8. The molecule has 0 aromatic heterocycles. The summed E-state index contributed by atoms with van der Waals surface area (Å²) in [6.45, 7) is 0. The lowest BCUT2D eigenvalue weighted by atomic mass is 9.74. The van der Waals surface area contributed by atoms with Gasteiger partial charge in [0.25, 0.3) is 0 Å². The van der Waals surface area contributed by atoms with Crippen molar-refractivity contribution in [3.8, 4) is 0 Å². The molecule has 1 spiro atoms. The molecule has 2 heterocycles. The van der Waals surface area contributed by atoms with E-state index in [1.807, 2.05) is 0 Å². The van der Waals surface area contributed by atoms with E-state index in [-0.39, 0.29) is 0 Å². The summed E-state index contributed by atoms with van der Waals surface area (Å²) in [5, 5.41) is 2.40. The van der Waals surface area contributed by atoms with Crippen molar-refractivity contribution in [2.45, 2.75) is 62.6 Å². The molecule has 3 atom stereocenters. The second-order valence-electron chi connectivity index (χ2n) is 6.20. The van der Waals surface area contributed by atoms with E-state index >= 15 is 0 Å². The summed E-state index contributed by atoms with van der Waals surface area (Å²) in [6.07, 6.45) is 9.80. The number of hydroxylamine groups is 2. The van der Waals surface area contributed by atoms with Crippen LogP contribution in [0.1, 0.15) is 56.6 Å². The monoisotopic (exact) mass is 243 g/mol. The highest BCUT2D eigenvalue weighted by Gasteiger charge is 2.55. The Hall–Kier alpha value is -0.860. The van der Waals surface area contributed by atoms with Crippen LogP contribution in [0.25, 0.3) is 0 Å². The number of piperidine rings is 1. The normalized spacial score (nSPS) is 37.2. The fraction of sp³-hybridized carbons (Fsp3) is 0.625. The van der Waals surface area contributed by atoms with E-state index in [1.54, 1.807) is 0 Å². The topological polar surface area (TPSA) is 12.5 Å². The zero-order chi connectivity index (χ0) is 12.0. The average Bonchev–Trinajstić information content (AvgIpc) is 2.98. The smallest absolute Gasteiger partial charge is 0.0831 e. The summed E-state index contributed by atoms with van der Waals surface area (Å²) >= 11 is 0. The molecule has 2 saturated heterocycles. The van der Waals surface area contributed by atoms with Crippen molar-refractivity contribution < 1.29 is 4.84 Å². The van der Waals surface area contributed by atoms with E-state index in [2.05, 4.69) is 35.4 Å². The molecule has 2 nitrogen and oxygen atoms in total. The molecule has 3 aliphatic rings. The lowest BCUT2D eigenvalue weighted by Gasteiger charge is -2.43. The maximum atomic E-state index is 6.17. The maximum absolute atomic E-state index is 6.17. The molecule has 96 valence electrons. The largest absolute Gasteiger partial charge is 0.294 e. The highest BCUT2D eigenvalue weighted by molar-refractivity contribution is 5.22. The fourth-order valence-electron chi connectivity index (χ4n) is 4.28.